The maximum Gasteiger partial charge on any atom is 0.129 e. The third-order valence-electron chi connectivity index (χ3n) is 3.16. The van der Waals surface area contributed by atoms with Crippen LogP contribution in [0.3, 0.4) is 0 Å². The third-order valence-corrected chi connectivity index (χ3v) is 3.38. The summed E-state index contributed by atoms with van der Waals surface area (Å²) in [4.78, 5) is 4.06. The van der Waals surface area contributed by atoms with Gasteiger partial charge in [-0.05, 0) is 37.3 Å². The van der Waals surface area contributed by atoms with Crippen molar-refractivity contribution in [3.63, 3.8) is 0 Å². The fourth-order valence-corrected chi connectivity index (χ4v) is 2.21. The summed E-state index contributed by atoms with van der Waals surface area (Å²) in [6, 6.07) is 4.86. The Bertz CT molecular complexity index is 318. The lowest BCUT2D eigenvalue weighted by Crippen LogP contribution is -2.37. The first-order chi connectivity index (χ1) is 7.74. The van der Waals surface area contributed by atoms with Crippen molar-refractivity contribution in [3.8, 4) is 0 Å². The average Bonchev–Trinajstić information content (AvgIpc) is 2.30. The van der Waals surface area contributed by atoms with Gasteiger partial charge < -0.3 is 11.1 Å². The molecule has 0 aliphatic heterocycles. The molecule has 1 aromatic rings. The first-order valence-corrected chi connectivity index (χ1v) is 6.21. The van der Waals surface area contributed by atoms with Gasteiger partial charge in [-0.1, -0.05) is 17.7 Å². The summed E-state index contributed by atoms with van der Waals surface area (Å²) in [6.07, 6.45) is 6.46. The molecule has 1 aliphatic rings. The number of nitrogens with zero attached hydrogens (tertiary/aromatic N) is 1. The van der Waals surface area contributed by atoms with Gasteiger partial charge >= 0.3 is 0 Å². The van der Waals surface area contributed by atoms with Crippen molar-refractivity contribution in [1.29, 1.82) is 0 Å². The molecular weight excluding hydrogens is 222 g/mol. The van der Waals surface area contributed by atoms with E-state index in [0.717, 1.165) is 19.4 Å². The number of aromatic nitrogens is 1. The normalized spacial score (nSPS) is 25.6. The summed E-state index contributed by atoms with van der Waals surface area (Å²) < 4.78 is 0. The van der Waals surface area contributed by atoms with E-state index in [2.05, 4.69) is 10.3 Å². The lowest BCUT2D eigenvalue weighted by Gasteiger charge is -2.26. The molecule has 0 bridgehead atoms. The summed E-state index contributed by atoms with van der Waals surface area (Å²) in [5.41, 5.74) is 7.05. The van der Waals surface area contributed by atoms with Crippen LogP contribution in [0.15, 0.2) is 18.3 Å². The summed E-state index contributed by atoms with van der Waals surface area (Å²) in [7, 11) is 0. The Labute approximate surface area is 101 Å². The molecule has 2 rings (SSSR count). The Morgan fingerprint density at radius 3 is 2.69 bits per heavy atom. The fraction of sp³-hybridized carbons (Fsp3) is 0.583. The number of pyridine rings is 1. The van der Waals surface area contributed by atoms with Crippen LogP contribution in [-0.4, -0.2) is 17.1 Å². The maximum atomic E-state index is 5.87. The first kappa shape index (κ1) is 11.8. The summed E-state index contributed by atoms with van der Waals surface area (Å²) >= 11 is 5.73. The second kappa shape index (κ2) is 5.62. The molecule has 3 N–H and O–H groups in total. The fourth-order valence-electron chi connectivity index (χ4n) is 2.10. The lowest BCUT2D eigenvalue weighted by molar-refractivity contribution is 0.341. The smallest absolute Gasteiger partial charge is 0.129 e. The molecule has 1 aliphatic carbocycles. The van der Waals surface area contributed by atoms with Crippen molar-refractivity contribution in [2.45, 2.75) is 44.3 Å². The van der Waals surface area contributed by atoms with Gasteiger partial charge in [0, 0.05) is 24.8 Å². The Morgan fingerprint density at radius 1 is 1.31 bits per heavy atom. The van der Waals surface area contributed by atoms with Gasteiger partial charge in [0.15, 0.2) is 0 Å². The molecule has 3 nitrogen and oxygen atoms in total. The van der Waals surface area contributed by atoms with Crippen LogP contribution in [0.5, 0.6) is 0 Å². The molecule has 0 unspecified atom stereocenters. The van der Waals surface area contributed by atoms with Gasteiger partial charge in [0.2, 0.25) is 0 Å². The van der Waals surface area contributed by atoms with Crippen LogP contribution < -0.4 is 11.1 Å². The number of hydrogen-bond acceptors (Lipinski definition) is 3. The second-order valence-corrected chi connectivity index (χ2v) is 4.87. The monoisotopic (exact) mass is 239 g/mol. The van der Waals surface area contributed by atoms with Crippen molar-refractivity contribution in [1.82, 2.24) is 10.3 Å². The van der Waals surface area contributed by atoms with Gasteiger partial charge in [0.1, 0.15) is 5.15 Å². The molecular formula is C12H18ClN3. The van der Waals surface area contributed by atoms with E-state index < -0.39 is 0 Å². The highest BCUT2D eigenvalue weighted by Gasteiger charge is 2.17. The standard InChI is InChI=1S/C12H18ClN3/c13-12-6-1-9(8-16-12)7-15-11-4-2-10(14)3-5-11/h1,6,8,10-11,15H,2-5,7,14H2. The molecule has 0 atom stereocenters. The molecule has 1 aromatic heterocycles. The topological polar surface area (TPSA) is 50.9 Å². The molecule has 16 heavy (non-hydrogen) atoms. The van der Waals surface area contributed by atoms with Crippen LogP contribution in [0.1, 0.15) is 31.2 Å². The van der Waals surface area contributed by atoms with E-state index in [4.69, 9.17) is 17.3 Å². The number of halogens is 1. The highest BCUT2D eigenvalue weighted by atomic mass is 35.5. The molecule has 4 heteroatoms. The SMILES string of the molecule is NC1CCC(NCc2ccc(Cl)nc2)CC1. The quantitative estimate of drug-likeness (QED) is 0.795. The van der Waals surface area contributed by atoms with Crippen molar-refractivity contribution in [3.05, 3.63) is 29.0 Å². The van der Waals surface area contributed by atoms with E-state index in [1.165, 1.54) is 18.4 Å². The number of nitrogens with one attached hydrogen (secondary N) is 1. The average molecular weight is 240 g/mol. The minimum absolute atomic E-state index is 0.412. The molecule has 88 valence electrons. The lowest BCUT2D eigenvalue weighted by atomic mass is 9.92. The van der Waals surface area contributed by atoms with E-state index in [1.54, 1.807) is 0 Å². The van der Waals surface area contributed by atoms with E-state index in [-0.39, 0.29) is 0 Å². The van der Waals surface area contributed by atoms with Crippen molar-refractivity contribution in [2.75, 3.05) is 0 Å². The summed E-state index contributed by atoms with van der Waals surface area (Å²) in [6.45, 7) is 0.865. The molecule has 0 spiro atoms. The largest absolute Gasteiger partial charge is 0.328 e. The number of hydrogen-bond donors (Lipinski definition) is 2. The molecule has 0 amide bonds. The Hall–Kier alpha value is -0.640. The van der Waals surface area contributed by atoms with E-state index in [9.17, 15) is 0 Å². The predicted molar refractivity (Wildman–Crippen MR) is 66.3 cm³/mol. The minimum atomic E-state index is 0.412. The van der Waals surface area contributed by atoms with Crippen molar-refractivity contribution >= 4 is 11.6 Å². The van der Waals surface area contributed by atoms with E-state index in [0.29, 0.717) is 17.2 Å². The van der Waals surface area contributed by atoms with Gasteiger partial charge in [-0.2, -0.15) is 0 Å². The zero-order valence-electron chi connectivity index (χ0n) is 9.32. The van der Waals surface area contributed by atoms with Crippen LogP contribution in [0.2, 0.25) is 5.15 Å². The van der Waals surface area contributed by atoms with Crippen LogP contribution in [0.4, 0.5) is 0 Å². The van der Waals surface area contributed by atoms with Gasteiger partial charge in [0.05, 0.1) is 0 Å². The zero-order chi connectivity index (χ0) is 11.4. The highest BCUT2D eigenvalue weighted by molar-refractivity contribution is 6.29. The van der Waals surface area contributed by atoms with E-state index in [1.807, 2.05) is 18.3 Å². The molecule has 1 heterocycles. The first-order valence-electron chi connectivity index (χ1n) is 5.83. The maximum absolute atomic E-state index is 5.87. The molecule has 1 saturated carbocycles. The predicted octanol–water partition coefficient (Wildman–Crippen LogP) is 2.09. The molecule has 1 fully saturated rings. The van der Waals surface area contributed by atoms with Gasteiger partial charge in [-0.25, -0.2) is 4.98 Å². The van der Waals surface area contributed by atoms with E-state index >= 15 is 0 Å². The summed E-state index contributed by atoms with van der Waals surface area (Å²) in [5, 5.41) is 4.09. The molecule has 0 aromatic carbocycles. The highest BCUT2D eigenvalue weighted by Crippen LogP contribution is 2.17. The Morgan fingerprint density at radius 2 is 2.06 bits per heavy atom. The van der Waals surface area contributed by atoms with Gasteiger partial charge in [-0.15, -0.1) is 0 Å². The number of rotatable bonds is 3. The Balaban J connectivity index is 1.77. The summed E-state index contributed by atoms with van der Waals surface area (Å²) in [5.74, 6) is 0. The van der Waals surface area contributed by atoms with Crippen LogP contribution in [-0.2, 0) is 6.54 Å². The van der Waals surface area contributed by atoms with Crippen molar-refractivity contribution in [2.24, 2.45) is 5.73 Å². The van der Waals surface area contributed by atoms with Crippen LogP contribution in [0, 0.1) is 0 Å². The van der Waals surface area contributed by atoms with Crippen molar-refractivity contribution < 1.29 is 0 Å². The van der Waals surface area contributed by atoms with Crippen LogP contribution >= 0.6 is 11.6 Å². The molecule has 0 radical (unpaired) electrons. The van der Waals surface area contributed by atoms with Gasteiger partial charge in [0.25, 0.3) is 0 Å². The number of nitrogens with two attached hydrogens (primary N) is 1. The third kappa shape index (κ3) is 3.44. The minimum Gasteiger partial charge on any atom is -0.328 e. The zero-order valence-corrected chi connectivity index (χ0v) is 10.1. The Kier molecular flexibility index (Phi) is 4.16. The van der Waals surface area contributed by atoms with Gasteiger partial charge in [-0.3, -0.25) is 0 Å². The molecule has 0 saturated heterocycles. The second-order valence-electron chi connectivity index (χ2n) is 4.48. The van der Waals surface area contributed by atoms with Crippen LogP contribution in [0.25, 0.3) is 0 Å².